The Bertz CT molecular complexity index is 457. The molecule has 0 fully saturated rings. The average molecular weight is 252 g/mol. The fourth-order valence-corrected chi connectivity index (χ4v) is 3.02. The molecule has 0 amide bonds. The zero-order chi connectivity index (χ0) is 11.5. The summed E-state index contributed by atoms with van der Waals surface area (Å²) in [4.78, 5) is 7.24. The molecule has 16 heavy (non-hydrogen) atoms. The molecular weight excluding hydrogens is 236 g/mol. The predicted octanol–water partition coefficient (Wildman–Crippen LogP) is 3.68. The van der Waals surface area contributed by atoms with Gasteiger partial charge in [-0.2, -0.15) is 0 Å². The summed E-state index contributed by atoms with van der Waals surface area (Å²) >= 11 is 3.53. The van der Waals surface area contributed by atoms with Crippen LogP contribution >= 0.6 is 22.7 Å². The number of aryl methyl sites for hydroxylation is 1. The van der Waals surface area contributed by atoms with Crippen LogP contribution in [0.25, 0.3) is 10.6 Å². The van der Waals surface area contributed by atoms with E-state index in [0.717, 1.165) is 17.2 Å². The molecule has 0 aliphatic carbocycles. The van der Waals surface area contributed by atoms with Crippen molar-refractivity contribution in [2.45, 2.75) is 33.4 Å². The molecule has 0 atom stereocenters. The van der Waals surface area contributed by atoms with Crippen molar-refractivity contribution in [2.24, 2.45) is 0 Å². The van der Waals surface area contributed by atoms with Gasteiger partial charge < -0.3 is 5.32 Å². The van der Waals surface area contributed by atoms with Gasteiger partial charge in [-0.25, -0.2) is 4.98 Å². The molecule has 0 saturated carbocycles. The summed E-state index contributed by atoms with van der Waals surface area (Å²) in [6.07, 6.45) is 0. The molecule has 0 spiro atoms. The number of aromatic nitrogens is 1. The Hall–Kier alpha value is -0.710. The van der Waals surface area contributed by atoms with Crippen molar-refractivity contribution in [2.75, 3.05) is 0 Å². The maximum Gasteiger partial charge on any atom is 0.107 e. The van der Waals surface area contributed by atoms with Crippen LogP contribution in [0, 0.1) is 6.92 Å². The first kappa shape index (κ1) is 11.8. The summed E-state index contributed by atoms with van der Waals surface area (Å²) in [5, 5.41) is 6.69. The maximum atomic E-state index is 4.63. The molecule has 0 saturated heterocycles. The van der Waals surface area contributed by atoms with Crippen LogP contribution < -0.4 is 5.32 Å². The molecule has 2 rings (SSSR count). The molecule has 0 unspecified atom stereocenters. The highest BCUT2D eigenvalue weighted by atomic mass is 32.1. The first-order valence-corrected chi connectivity index (χ1v) is 7.09. The van der Waals surface area contributed by atoms with E-state index in [0.29, 0.717) is 6.04 Å². The zero-order valence-corrected chi connectivity index (χ0v) is 11.4. The number of nitrogens with zero attached hydrogens (tertiary/aromatic N) is 1. The highest BCUT2D eigenvalue weighted by Crippen LogP contribution is 2.28. The van der Waals surface area contributed by atoms with Gasteiger partial charge in [-0.3, -0.25) is 0 Å². The van der Waals surface area contributed by atoms with Crippen molar-refractivity contribution < 1.29 is 0 Å². The first-order chi connectivity index (χ1) is 7.65. The lowest BCUT2D eigenvalue weighted by atomic mass is 10.4. The molecule has 2 aromatic heterocycles. The highest BCUT2D eigenvalue weighted by Gasteiger charge is 2.06. The number of thiazole rings is 1. The van der Waals surface area contributed by atoms with E-state index >= 15 is 0 Å². The van der Waals surface area contributed by atoms with Crippen LogP contribution in [-0.4, -0.2) is 11.0 Å². The molecular formula is C12H16N2S2. The predicted molar refractivity (Wildman–Crippen MR) is 72.1 cm³/mol. The lowest BCUT2D eigenvalue weighted by Crippen LogP contribution is -2.21. The summed E-state index contributed by atoms with van der Waals surface area (Å²) in [5.74, 6) is 0. The molecule has 4 heteroatoms. The smallest absolute Gasteiger partial charge is 0.107 e. The van der Waals surface area contributed by atoms with Gasteiger partial charge in [0.15, 0.2) is 0 Å². The summed E-state index contributed by atoms with van der Waals surface area (Å²) in [6.45, 7) is 7.29. The highest BCUT2D eigenvalue weighted by molar-refractivity contribution is 7.16. The van der Waals surface area contributed by atoms with Crippen LogP contribution in [-0.2, 0) is 6.54 Å². The fourth-order valence-electron chi connectivity index (χ4n) is 1.37. The third kappa shape index (κ3) is 2.90. The van der Waals surface area contributed by atoms with Gasteiger partial charge in [0.25, 0.3) is 0 Å². The van der Waals surface area contributed by atoms with Crippen LogP contribution in [0.5, 0.6) is 0 Å². The SMILES string of the molecule is Cc1ccc(-c2csc(CNC(C)C)n2)s1. The molecule has 2 nitrogen and oxygen atoms in total. The summed E-state index contributed by atoms with van der Waals surface area (Å²) < 4.78 is 0. The minimum absolute atomic E-state index is 0.510. The van der Waals surface area contributed by atoms with Crippen LogP contribution in [0.4, 0.5) is 0 Å². The molecule has 0 aliphatic heterocycles. The number of nitrogens with one attached hydrogen (secondary N) is 1. The molecule has 86 valence electrons. The zero-order valence-electron chi connectivity index (χ0n) is 9.78. The second-order valence-electron chi connectivity index (χ2n) is 4.07. The minimum Gasteiger partial charge on any atom is -0.308 e. The van der Waals surface area contributed by atoms with Crippen LogP contribution in [0.1, 0.15) is 23.7 Å². The molecule has 1 N–H and O–H groups in total. The molecule has 0 radical (unpaired) electrons. The van der Waals surface area contributed by atoms with Crippen molar-refractivity contribution in [3.8, 4) is 10.6 Å². The van der Waals surface area contributed by atoms with E-state index in [-0.39, 0.29) is 0 Å². The van der Waals surface area contributed by atoms with Crippen LogP contribution in [0.2, 0.25) is 0 Å². The molecule has 2 heterocycles. The van der Waals surface area contributed by atoms with Crippen LogP contribution in [0.15, 0.2) is 17.5 Å². The number of thiophene rings is 1. The standard InChI is InChI=1S/C12H16N2S2/c1-8(2)13-6-12-14-10(7-15-12)11-5-4-9(3)16-11/h4-5,7-8,13H,6H2,1-3H3. The van der Waals surface area contributed by atoms with Gasteiger partial charge in [-0.05, 0) is 19.1 Å². The minimum atomic E-state index is 0.510. The Labute approximate surface area is 104 Å². The van der Waals surface area contributed by atoms with E-state index in [1.807, 2.05) is 0 Å². The second kappa shape index (κ2) is 5.08. The van der Waals surface area contributed by atoms with Gasteiger partial charge in [0.1, 0.15) is 5.01 Å². The van der Waals surface area contributed by atoms with Gasteiger partial charge >= 0.3 is 0 Å². The monoisotopic (exact) mass is 252 g/mol. The van der Waals surface area contributed by atoms with E-state index in [4.69, 9.17) is 0 Å². The van der Waals surface area contributed by atoms with Crippen molar-refractivity contribution in [3.63, 3.8) is 0 Å². The van der Waals surface area contributed by atoms with Gasteiger partial charge in [-0.15, -0.1) is 22.7 Å². The van der Waals surface area contributed by atoms with E-state index in [9.17, 15) is 0 Å². The number of hydrogen-bond donors (Lipinski definition) is 1. The summed E-state index contributed by atoms with van der Waals surface area (Å²) in [6, 6.07) is 4.80. The largest absolute Gasteiger partial charge is 0.308 e. The lowest BCUT2D eigenvalue weighted by molar-refractivity contribution is 0.587. The molecule has 0 aliphatic rings. The van der Waals surface area contributed by atoms with E-state index in [1.165, 1.54) is 9.75 Å². The Morgan fingerprint density at radius 2 is 2.19 bits per heavy atom. The third-order valence-corrected chi connectivity index (χ3v) is 4.08. The van der Waals surface area contributed by atoms with Gasteiger partial charge in [-0.1, -0.05) is 13.8 Å². The normalized spacial score (nSPS) is 11.2. The number of hydrogen-bond acceptors (Lipinski definition) is 4. The third-order valence-electron chi connectivity index (χ3n) is 2.21. The van der Waals surface area contributed by atoms with E-state index in [2.05, 4.69) is 48.6 Å². The maximum absolute atomic E-state index is 4.63. The van der Waals surface area contributed by atoms with Crippen molar-refractivity contribution >= 4 is 22.7 Å². The van der Waals surface area contributed by atoms with Crippen LogP contribution in [0.3, 0.4) is 0 Å². The second-order valence-corrected chi connectivity index (χ2v) is 6.30. The first-order valence-electron chi connectivity index (χ1n) is 5.40. The van der Waals surface area contributed by atoms with E-state index in [1.54, 1.807) is 22.7 Å². The summed E-state index contributed by atoms with van der Waals surface area (Å²) in [7, 11) is 0. The van der Waals surface area contributed by atoms with Gasteiger partial charge in [0.05, 0.1) is 10.6 Å². The Balaban J connectivity index is 2.07. The van der Waals surface area contributed by atoms with Gasteiger partial charge in [0, 0.05) is 22.8 Å². The van der Waals surface area contributed by atoms with Crippen molar-refractivity contribution in [3.05, 3.63) is 27.4 Å². The fraction of sp³-hybridized carbons (Fsp3) is 0.417. The topological polar surface area (TPSA) is 24.9 Å². The Morgan fingerprint density at radius 3 is 2.81 bits per heavy atom. The number of rotatable bonds is 4. The van der Waals surface area contributed by atoms with Crippen molar-refractivity contribution in [1.82, 2.24) is 10.3 Å². The molecule has 0 bridgehead atoms. The van der Waals surface area contributed by atoms with E-state index < -0.39 is 0 Å². The quantitative estimate of drug-likeness (QED) is 0.898. The Morgan fingerprint density at radius 1 is 1.38 bits per heavy atom. The molecule has 2 aromatic rings. The van der Waals surface area contributed by atoms with Gasteiger partial charge in [0.2, 0.25) is 0 Å². The van der Waals surface area contributed by atoms with Crippen molar-refractivity contribution in [1.29, 1.82) is 0 Å². The Kier molecular flexibility index (Phi) is 3.74. The average Bonchev–Trinajstić information content (AvgIpc) is 2.83. The molecule has 0 aromatic carbocycles. The lowest BCUT2D eigenvalue weighted by Gasteiger charge is -2.04. The summed E-state index contributed by atoms with van der Waals surface area (Å²) in [5.41, 5.74) is 1.11.